The maximum Gasteiger partial charge on any atom is 0.293 e. The predicted molar refractivity (Wildman–Crippen MR) is 110 cm³/mol. The Balaban J connectivity index is 1.71. The summed E-state index contributed by atoms with van der Waals surface area (Å²) in [6, 6.07) is 4.89. The summed E-state index contributed by atoms with van der Waals surface area (Å²) in [5.41, 5.74) is 0.981. The molecular formula is C20H20N2O7S. The number of ether oxygens (including phenoxy) is 3. The third-order valence-corrected chi connectivity index (χ3v) is 5.17. The van der Waals surface area contributed by atoms with Crippen molar-refractivity contribution in [2.24, 2.45) is 0 Å². The molecule has 0 bridgehead atoms. The van der Waals surface area contributed by atoms with Crippen LogP contribution in [0.5, 0.6) is 17.2 Å². The smallest absolute Gasteiger partial charge is 0.293 e. The first-order valence-electron chi connectivity index (χ1n) is 8.84. The second-order valence-corrected chi connectivity index (χ2v) is 7.05. The lowest BCUT2D eigenvalue weighted by Gasteiger charge is -2.13. The summed E-state index contributed by atoms with van der Waals surface area (Å²) >= 11 is 0.828. The SMILES string of the molecule is COc1cc(/C=C2\SC(=O)N(CCNC(=O)c3ccoc3)C2=O)cc(OC)c1OC. The fourth-order valence-corrected chi connectivity index (χ4v) is 3.67. The summed E-state index contributed by atoms with van der Waals surface area (Å²) in [5.74, 6) is 0.521. The van der Waals surface area contributed by atoms with Gasteiger partial charge in [0.2, 0.25) is 5.75 Å². The highest BCUT2D eigenvalue weighted by Gasteiger charge is 2.34. The fourth-order valence-electron chi connectivity index (χ4n) is 2.81. The van der Waals surface area contributed by atoms with Crippen molar-refractivity contribution in [3.63, 3.8) is 0 Å². The first-order chi connectivity index (χ1) is 14.5. The standard InChI is InChI=1S/C20H20N2O7S/c1-26-14-8-12(9-15(27-2)17(14)28-3)10-16-19(24)22(20(25)30-16)6-5-21-18(23)13-4-7-29-11-13/h4,7-11H,5-6H2,1-3H3,(H,21,23)/b16-10-. The highest BCUT2D eigenvalue weighted by atomic mass is 32.2. The quantitative estimate of drug-likeness (QED) is 0.635. The molecule has 0 aliphatic carbocycles. The lowest BCUT2D eigenvalue weighted by molar-refractivity contribution is -0.122. The monoisotopic (exact) mass is 432 g/mol. The number of imide groups is 1. The zero-order valence-electron chi connectivity index (χ0n) is 16.6. The molecule has 30 heavy (non-hydrogen) atoms. The molecule has 2 heterocycles. The van der Waals surface area contributed by atoms with Crippen molar-refractivity contribution in [1.82, 2.24) is 10.2 Å². The second-order valence-electron chi connectivity index (χ2n) is 6.06. The Morgan fingerprint density at radius 1 is 1.17 bits per heavy atom. The summed E-state index contributed by atoms with van der Waals surface area (Å²) in [4.78, 5) is 38.2. The number of methoxy groups -OCH3 is 3. The molecule has 0 radical (unpaired) electrons. The average molecular weight is 432 g/mol. The number of thioether (sulfide) groups is 1. The van der Waals surface area contributed by atoms with E-state index in [1.165, 1.54) is 39.9 Å². The zero-order chi connectivity index (χ0) is 21.7. The van der Waals surface area contributed by atoms with Crippen LogP contribution >= 0.6 is 11.8 Å². The number of carbonyl (C=O) groups is 3. The number of nitrogens with one attached hydrogen (secondary N) is 1. The third kappa shape index (κ3) is 4.43. The minimum Gasteiger partial charge on any atom is -0.493 e. The molecule has 0 unspecified atom stereocenters. The van der Waals surface area contributed by atoms with E-state index in [0.29, 0.717) is 28.4 Å². The van der Waals surface area contributed by atoms with Gasteiger partial charge in [-0.05, 0) is 41.6 Å². The van der Waals surface area contributed by atoms with Gasteiger partial charge < -0.3 is 23.9 Å². The molecule has 0 saturated carbocycles. The summed E-state index contributed by atoms with van der Waals surface area (Å²) in [5, 5.41) is 2.23. The minimum atomic E-state index is -0.434. The van der Waals surface area contributed by atoms with Crippen LogP contribution in [0.2, 0.25) is 0 Å². The van der Waals surface area contributed by atoms with Gasteiger partial charge >= 0.3 is 0 Å². The van der Waals surface area contributed by atoms with Crippen molar-refractivity contribution in [1.29, 1.82) is 0 Å². The lowest BCUT2D eigenvalue weighted by Crippen LogP contribution is -2.37. The van der Waals surface area contributed by atoms with Gasteiger partial charge in [0.15, 0.2) is 11.5 Å². The number of amides is 3. The van der Waals surface area contributed by atoms with Gasteiger partial charge in [-0.15, -0.1) is 0 Å². The van der Waals surface area contributed by atoms with E-state index in [1.807, 2.05) is 0 Å². The Kier molecular flexibility index (Phi) is 6.68. The van der Waals surface area contributed by atoms with E-state index >= 15 is 0 Å². The summed E-state index contributed by atoms with van der Waals surface area (Å²) in [6.07, 6.45) is 4.29. The molecule has 3 rings (SSSR count). The molecule has 1 aromatic heterocycles. The molecule has 0 spiro atoms. The Labute approximate surface area is 176 Å². The van der Waals surface area contributed by atoms with Gasteiger partial charge in [-0.3, -0.25) is 19.3 Å². The van der Waals surface area contributed by atoms with Gasteiger partial charge in [0.05, 0.1) is 38.1 Å². The van der Waals surface area contributed by atoms with Crippen molar-refractivity contribution in [3.8, 4) is 17.2 Å². The lowest BCUT2D eigenvalue weighted by atomic mass is 10.1. The number of furan rings is 1. The first kappa shape index (κ1) is 21.3. The van der Waals surface area contributed by atoms with Crippen LogP contribution in [0.25, 0.3) is 6.08 Å². The van der Waals surface area contributed by atoms with Crippen molar-refractivity contribution in [2.45, 2.75) is 0 Å². The van der Waals surface area contributed by atoms with E-state index in [4.69, 9.17) is 18.6 Å². The van der Waals surface area contributed by atoms with Crippen LogP contribution in [0.3, 0.4) is 0 Å². The molecule has 158 valence electrons. The van der Waals surface area contributed by atoms with Crippen molar-refractivity contribution >= 4 is 34.9 Å². The van der Waals surface area contributed by atoms with Gasteiger partial charge in [-0.1, -0.05) is 0 Å². The van der Waals surface area contributed by atoms with Crippen LogP contribution in [-0.2, 0) is 4.79 Å². The molecule has 3 amide bonds. The Morgan fingerprint density at radius 2 is 1.87 bits per heavy atom. The van der Waals surface area contributed by atoms with Crippen LogP contribution in [0.15, 0.2) is 40.0 Å². The van der Waals surface area contributed by atoms with Crippen molar-refractivity contribution in [3.05, 3.63) is 46.8 Å². The van der Waals surface area contributed by atoms with Crippen LogP contribution in [-0.4, -0.2) is 56.4 Å². The van der Waals surface area contributed by atoms with E-state index in [9.17, 15) is 14.4 Å². The van der Waals surface area contributed by atoms with E-state index in [1.54, 1.807) is 18.2 Å². The number of carbonyl (C=O) groups excluding carboxylic acids is 3. The van der Waals surface area contributed by atoms with E-state index < -0.39 is 11.1 Å². The predicted octanol–water partition coefficient (Wildman–Crippen LogP) is 2.77. The number of hydrogen-bond acceptors (Lipinski definition) is 8. The topological polar surface area (TPSA) is 107 Å². The molecule has 9 nitrogen and oxygen atoms in total. The number of hydrogen-bond donors (Lipinski definition) is 1. The summed E-state index contributed by atoms with van der Waals surface area (Å²) in [7, 11) is 4.48. The summed E-state index contributed by atoms with van der Waals surface area (Å²) in [6.45, 7) is 0.181. The Bertz CT molecular complexity index is 960. The highest BCUT2D eigenvalue weighted by Crippen LogP contribution is 2.40. The van der Waals surface area contributed by atoms with Crippen LogP contribution in [0, 0.1) is 0 Å². The van der Waals surface area contributed by atoms with Crippen LogP contribution < -0.4 is 19.5 Å². The maximum absolute atomic E-state index is 12.7. The van der Waals surface area contributed by atoms with Crippen molar-refractivity contribution in [2.75, 3.05) is 34.4 Å². The van der Waals surface area contributed by atoms with E-state index in [-0.39, 0.29) is 23.9 Å². The Morgan fingerprint density at radius 3 is 2.43 bits per heavy atom. The van der Waals surface area contributed by atoms with Gasteiger partial charge in [-0.2, -0.15) is 0 Å². The molecule has 0 atom stereocenters. The average Bonchev–Trinajstić information content (AvgIpc) is 3.37. The van der Waals surface area contributed by atoms with Crippen molar-refractivity contribution < 1.29 is 33.0 Å². The van der Waals surface area contributed by atoms with Crippen LogP contribution in [0.4, 0.5) is 4.79 Å². The third-order valence-electron chi connectivity index (χ3n) is 4.26. The molecule has 1 aromatic carbocycles. The van der Waals surface area contributed by atoms with E-state index in [0.717, 1.165) is 16.7 Å². The number of benzene rings is 1. The van der Waals surface area contributed by atoms with Crippen LogP contribution in [0.1, 0.15) is 15.9 Å². The first-order valence-corrected chi connectivity index (χ1v) is 9.66. The molecule has 1 saturated heterocycles. The number of rotatable bonds is 8. The zero-order valence-corrected chi connectivity index (χ0v) is 17.4. The minimum absolute atomic E-state index is 0.0564. The van der Waals surface area contributed by atoms with E-state index in [2.05, 4.69) is 5.32 Å². The molecule has 1 aliphatic rings. The highest BCUT2D eigenvalue weighted by molar-refractivity contribution is 8.18. The Hall–Kier alpha value is -3.40. The van der Waals surface area contributed by atoms with Gasteiger partial charge in [0, 0.05) is 13.1 Å². The molecule has 1 N–H and O–H groups in total. The van der Waals surface area contributed by atoms with Gasteiger partial charge in [-0.25, -0.2) is 0 Å². The second kappa shape index (κ2) is 9.40. The molecule has 1 aliphatic heterocycles. The van der Waals surface area contributed by atoms with Gasteiger partial charge in [0.1, 0.15) is 6.26 Å². The molecule has 1 fully saturated rings. The maximum atomic E-state index is 12.7. The largest absolute Gasteiger partial charge is 0.493 e. The summed E-state index contributed by atoms with van der Waals surface area (Å²) < 4.78 is 20.8. The van der Waals surface area contributed by atoms with Gasteiger partial charge in [0.25, 0.3) is 17.1 Å². The normalized spacial score (nSPS) is 14.9. The molecule has 2 aromatic rings. The number of nitrogens with zero attached hydrogens (tertiary/aromatic N) is 1. The molecule has 10 heteroatoms. The molecular weight excluding hydrogens is 412 g/mol. The fraction of sp³-hybridized carbons (Fsp3) is 0.250.